The second-order valence-electron chi connectivity index (χ2n) is 5.54. The molecule has 20 heavy (non-hydrogen) atoms. The molecule has 1 fully saturated rings. The molecule has 0 aromatic heterocycles. The lowest BCUT2D eigenvalue weighted by Crippen LogP contribution is -2.53. The molecule has 1 amide bonds. The zero-order chi connectivity index (χ0) is 13.8. The molecule has 0 radical (unpaired) electrons. The maximum absolute atomic E-state index is 11.0. The van der Waals surface area contributed by atoms with Crippen molar-refractivity contribution >= 4 is 24.0 Å². The SMILES string of the molecule is CC(=O)Nc1ccc(CN2CC(C)NC(C)C2)cc1.Cl. The van der Waals surface area contributed by atoms with E-state index in [9.17, 15) is 4.79 Å². The first-order valence-corrected chi connectivity index (χ1v) is 6.88. The van der Waals surface area contributed by atoms with Gasteiger partial charge in [0.15, 0.2) is 0 Å². The average molecular weight is 298 g/mol. The van der Waals surface area contributed by atoms with Gasteiger partial charge in [0.25, 0.3) is 0 Å². The van der Waals surface area contributed by atoms with Crippen LogP contribution in [0.4, 0.5) is 5.69 Å². The Hall–Kier alpha value is -1.10. The van der Waals surface area contributed by atoms with Gasteiger partial charge in [0, 0.05) is 44.3 Å². The molecule has 1 heterocycles. The van der Waals surface area contributed by atoms with Crippen LogP contribution in [-0.4, -0.2) is 36.0 Å². The van der Waals surface area contributed by atoms with Crippen LogP contribution in [0.2, 0.25) is 0 Å². The van der Waals surface area contributed by atoms with E-state index in [1.165, 1.54) is 12.5 Å². The predicted molar refractivity (Wildman–Crippen MR) is 85.3 cm³/mol. The standard InChI is InChI=1S/C15H23N3O.ClH/c1-11-8-18(9-12(2)16-11)10-14-4-6-15(7-5-14)17-13(3)19;/h4-7,11-12,16H,8-10H2,1-3H3,(H,17,19);1H. The molecule has 1 aliphatic heterocycles. The number of amides is 1. The van der Waals surface area contributed by atoms with E-state index in [1.54, 1.807) is 0 Å². The van der Waals surface area contributed by atoms with Gasteiger partial charge in [-0.2, -0.15) is 0 Å². The highest BCUT2D eigenvalue weighted by Gasteiger charge is 2.20. The van der Waals surface area contributed by atoms with Crippen molar-refractivity contribution in [2.24, 2.45) is 0 Å². The Morgan fingerprint density at radius 1 is 1.25 bits per heavy atom. The summed E-state index contributed by atoms with van der Waals surface area (Å²) < 4.78 is 0. The summed E-state index contributed by atoms with van der Waals surface area (Å²) in [7, 11) is 0. The minimum Gasteiger partial charge on any atom is -0.326 e. The highest BCUT2D eigenvalue weighted by Crippen LogP contribution is 2.13. The number of piperazine rings is 1. The summed E-state index contributed by atoms with van der Waals surface area (Å²) >= 11 is 0. The molecule has 112 valence electrons. The molecule has 2 rings (SSSR count). The van der Waals surface area contributed by atoms with Crippen LogP contribution in [0.25, 0.3) is 0 Å². The van der Waals surface area contributed by atoms with E-state index in [2.05, 4.69) is 41.5 Å². The molecule has 0 aliphatic carbocycles. The van der Waals surface area contributed by atoms with Gasteiger partial charge < -0.3 is 10.6 Å². The molecular weight excluding hydrogens is 274 g/mol. The first-order chi connectivity index (χ1) is 9.02. The minimum atomic E-state index is -0.0301. The molecule has 0 bridgehead atoms. The second kappa shape index (κ2) is 7.62. The van der Waals surface area contributed by atoms with E-state index in [4.69, 9.17) is 0 Å². The van der Waals surface area contributed by atoms with Crippen molar-refractivity contribution in [1.82, 2.24) is 10.2 Å². The lowest BCUT2D eigenvalue weighted by molar-refractivity contribution is -0.114. The molecule has 1 saturated heterocycles. The molecule has 2 N–H and O–H groups in total. The van der Waals surface area contributed by atoms with Crippen LogP contribution in [0.1, 0.15) is 26.3 Å². The Bertz CT molecular complexity index is 425. The van der Waals surface area contributed by atoms with E-state index in [1.807, 2.05) is 12.1 Å². The number of nitrogens with one attached hydrogen (secondary N) is 2. The monoisotopic (exact) mass is 297 g/mol. The number of nitrogens with zero attached hydrogens (tertiary/aromatic N) is 1. The molecule has 0 spiro atoms. The quantitative estimate of drug-likeness (QED) is 0.899. The second-order valence-corrected chi connectivity index (χ2v) is 5.54. The van der Waals surface area contributed by atoms with Crippen LogP contribution < -0.4 is 10.6 Å². The Kier molecular flexibility index (Phi) is 6.46. The van der Waals surface area contributed by atoms with Crippen molar-refractivity contribution in [3.8, 4) is 0 Å². The number of halogens is 1. The molecule has 1 aromatic carbocycles. The Labute approximate surface area is 127 Å². The Morgan fingerprint density at radius 3 is 2.30 bits per heavy atom. The van der Waals surface area contributed by atoms with E-state index in [-0.39, 0.29) is 18.3 Å². The average Bonchev–Trinajstić information content (AvgIpc) is 2.29. The molecule has 2 unspecified atom stereocenters. The van der Waals surface area contributed by atoms with Crippen LogP contribution in [-0.2, 0) is 11.3 Å². The largest absolute Gasteiger partial charge is 0.326 e. The maximum Gasteiger partial charge on any atom is 0.221 e. The molecular formula is C15H24ClN3O. The summed E-state index contributed by atoms with van der Waals surface area (Å²) in [6.45, 7) is 9.11. The van der Waals surface area contributed by atoms with Crippen LogP contribution in [0.3, 0.4) is 0 Å². The third kappa shape index (κ3) is 5.12. The van der Waals surface area contributed by atoms with Gasteiger partial charge in [0.05, 0.1) is 0 Å². The van der Waals surface area contributed by atoms with Gasteiger partial charge in [-0.3, -0.25) is 9.69 Å². The topological polar surface area (TPSA) is 44.4 Å². The molecule has 2 atom stereocenters. The van der Waals surface area contributed by atoms with Gasteiger partial charge in [-0.15, -0.1) is 12.4 Å². The van der Waals surface area contributed by atoms with Gasteiger partial charge in [-0.1, -0.05) is 12.1 Å². The van der Waals surface area contributed by atoms with Crippen LogP contribution in [0.15, 0.2) is 24.3 Å². The number of carbonyl (C=O) groups excluding carboxylic acids is 1. The highest BCUT2D eigenvalue weighted by atomic mass is 35.5. The van der Waals surface area contributed by atoms with Gasteiger partial charge in [0.1, 0.15) is 0 Å². The van der Waals surface area contributed by atoms with Crippen LogP contribution in [0, 0.1) is 0 Å². The first-order valence-electron chi connectivity index (χ1n) is 6.88. The first kappa shape index (κ1) is 17.0. The number of carbonyl (C=O) groups is 1. The number of anilines is 1. The van der Waals surface area contributed by atoms with Gasteiger partial charge in [-0.05, 0) is 31.5 Å². The lowest BCUT2D eigenvalue weighted by Gasteiger charge is -2.36. The van der Waals surface area contributed by atoms with E-state index in [0.717, 1.165) is 25.3 Å². The zero-order valence-electron chi connectivity index (χ0n) is 12.3. The summed E-state index contributed by atoms with van der Waals surface area (Å²) in [6.07, 6.45) is 0. The molecule has 5 heteroatoms. The summed E-state index contributed by atoms with van der Waals surface area (Å²) in [4.78, 5) is 13.4. The number of rotatable bonds is 3. The van der Waals surface area contributed by atoms with Crippen molar-refractivity contribution in [1.29, 1.82) is 0 Å². The fourth-order valence-electron chi connectivity index (χ4n) is 2.72. The van der Waals surface area contributed by atoms with Gasteiger partial charge in [0.2, 0.25) is 5.91 Å². The normalized spacial score (nSPS) is 22.9. The lowest BCUT2D eigenvalue weighted by atomic mass is 10.1. The highest BCUT2D eigenvalue weighted by molar-refractivity contribution is 5.88. The maximum atomic E-state index is 11.0. The summed E-state index contributed by atoms with van der Waals surface area (Å²) in [6, 6.07) is 9.19. The number of benzene rings is 1. The van der Waals surface area contributed by atoms with Crippen molar-refractivity contribution in [2.75, 3.05) is 18.4 Å². The smallest absolute Gasteiger partial charge is 0.221 e. The van der Waals surface area contributed by atoms with Gasteiger partial charge in [-0.25, -0.2) is 0 Å². The fraction of sp³-hybridized carbons (Fsp3) is 0.533. The summed E-state index contributed by atoms with van der Waals surface area (Å²) in [5, 5.41) is 6.32. The third-order valence-electron chi connectivity index (χ3n) is 3.31. The van der Waals surface area contributed by atoms with E-state index >= 15 is 0 Å². The van der Waals surface area contributed by atoms with Gasteiger partial charge >= 0.3 is 0 Å². The third-order valence-corrected chi connectivity index (χ3v) is 3.31. The van der Waals surface area contributed by atoms with E-state index in [0.29, 0.717) is 12.1 Å². The van der Waals surface area contributed by atoms with Crippen molar-refractivity contribution in [3.05, 3.63) is 29.8 Å². The number of hydrogen-bond donors (Lipinski definition) is 2. The molecule has 4 nitrogen and oxygen atoms in total. The van der Waals surface area contributed by atoms with Crippen molar-refractivity contribution < 1.29 is 4.79 Å². The summed E-state index contributed by atoms with van der Waals surface area (Å²) in [5.74, 6) is -0.0301. The van der Waals surface area contributed by atoms with E-state index < -0.39 is 0 Å². The van der Waals surface area contributed by atoms with Crippen molar-refractivity contribution in [3.63, 3.8) is 0 Å². The fourth-order valence-corrected chi connectivity index (χ4v) is 2.72. The number of hydrogen-bond acceptors (Lipinski definition) is 3. The summed E-state index contributed by atoms with van der Waals surface area (Å²) in [5.41, 5.74) is 2.15. The minimum absolute atomic E-state index is 0. The predicted octanol–water partition coefficient (Wildman–Crippen LogP) is 2.25. The van der Waals surface area contributed by atoms with Crippen molar-refractivity contribution in [2.45, 2.75) is 39.4 Å². The zero-order valence-corrected chi connectivity index (χ0v) is 13.2. The van der Waals surface area contributed by atoms with Crippen LogP contribution >= 0.6 is 12.4 Å². The molecule has 0 saturated carbocycles. The molecule has 1 aromatic rings. The molecule has 1 aliphatic rings. The van der Waals surface area contributed by atoms with Crippen LogP contribution in [0.5, 0.6) is 0 Å². The Morgan fingerprint density at radius 2 is 1.80 bits per heavy atom. The Balaban J connectivity index is 0.00000200.